The normalized spacial score (nSPS) is 12.7. The zero-order chi connectivity index (χ0) is 13.3. The fourth-order valence-electron chi connectivity index (χ4n) is 1.98. The van der Waals surface area contributed by atoms with Gasteiger partial charge in [0.15, 0.2) is 0 Å². The summed E-state index contributed by atoms with van der Waals surface area (Å²) in [5.74, 6) is 0. The van der Waals surface area contributed by atoms with Gasteiger partial charge in [0.1, 0.15) is 0 Å². The smallest absolute Gasteiger partial charge is 0.0900 e. The van der Waals surface area contributed by atoms with Crippen molar-refractivity contribution in [3.63, 3.8) is 0 Å². The summed E-state index contributed by atoms with van der Waals surface area (Å²) in [5.41, 5.74) is 2.02. The molecule has 0 aliphatic heterocycles. The van der Waals surface area contributed by atoms with E-state index in [1.807, 2.05) is 33.0 Å². The number of thiazole rings is 1. The molecule has 1 atom stereocenters. The molecular formula is C13H14Cl2N2S. The summed E-state index contributed by atoms with van der Waals surface area (Å²) in [5, 5.41) is 5.74. The molecule has 0 radical (unpaired) electrons. The number of nitrogens with zero attached hydrogens (tertiary/aromatic N) is 1. The van der Waals surface area contributed by atoms with Crippen LogP contribution in [0.3, 0.4) is 0 Å². The van der Waals surface area contributed by atoms with Crippen LogP contribution in [-0.2, 0) is 0 Å². The van der Waals surface area contributed by atoms with Crippen LogP contribution in [0.2, 0.25) is 10.0 Å². The lowest BCUT2D eigenvalue weighted by molar-refractivity contribution is 0.698. The van der Waals surface area contributed by atoms with E-state index in [4.69, 9.17) is 23.2 Å². The second kappa shape index (κ2) is 5.57. The van der Waals surface area contributed by atoms with E-state index in [2.05, 4.69) is 10.3 Å². The third-order valence-corrected chi connectivity index (χ3v) is 4.48. The monoisotopic (exact) mass is 300 g/mol. The summed E-state index contributed by atoms with van der Waals surface area (Å²) >= 11 is 14.0. The van der Waals surface area contributed by atoms with Crippen LogP contribution in [0.1, 0.15) is 27.2 Å². The highest BCUT2D eigenvalue weighted by atomic mass is 35.5. The lowest BCUT2D eigenvalue weighted by atomic mass is 10.0. The van der Waals surface area contributed by atoms with Gasteiger partial charge in [-0.15, -0.1) is 11.3 Å². The maximum atomic E-state index is 6.26. The summed E-state index contributed by atoms with van der Waals surface area (Å²) in [6, 6.07) is 5.56. The van der Waals surface area contributed by atoms with Crippen molar-refractivity contribution in [2.24, 2.45) is 0 Å². The fraction of sp³-hybridized carbons (Fsp3) is 0.308. The quantitative estimate of drug-likeness (QED) is 0.910. The highest BCUT2D eigenvalue weighted by molar-refractivity contribution is 7.11. The van der Waals surface area contributed by atoms with Crippen molar-refractivity contribution in [2.45, 2.75) is 19.9 Å². The highest BCUT2D eigenvalue weighted by Crippen LogP contribution is 2.34. The van der Waals surface area contributed by atoms with E-state index in [1.165, 1.54) is 4.88 Å². The Morgan fingerprint density at radius 1 is 1.28 bits per heavy atom. The van der Waals surface area contributed by atoms with Gasteiger partial charge in [-0.3, -0.25) is 0 Å². The van der Waals surface area contributed by atoms with Gasteiger partial charge in [-0.2, -0.15) is 0 Å². The molecule has 0 amide bonds. The number of halogens is 2. The molecule has 0 aliphatic carbocycles. The van der Waals surface area contributed by atoms with Gasteiger partial charge in [0.25, 0.3) is 0 Å². The maximum Gasteiger partial charge on any atom is 0.0900 e. The van der Waals surface area contributed by atoms with Crippen LogP contribution in [0, 0.1) is 13.8 Å². The van der Waals surface area contributed by atoms with E-state index in [9.17, 15) is 0 Å². The maximum absolute atomic E-state index is 6.26. The topological polar surface area (TPSA) is 24.9 Å². The minimum absolute atomic E-state index is 0.0300. The molecule has 1 heterocycles. The SMILES string of the molecule is CNC(c1cc(Cl)ccc1Cl)c1sc(C)nc1C. The first-order chi connectivity index (χ1) is 8.52. The van der Waals surface area contributed by atoms with Gasteiger partial charge in [-0.25, -0.2) is 4.98 Å². The number of aryl methyl sites for hydroxylation is 2. The van der Waals surface area contributed by atoms with Crippen LogP contribution in [0.4, 0.5) is 0 Å². The van der Waals surface area contributed by atoms with Gasteiger partial charge in [0.2, 0.25) is 0 Å². The van der Waals surface area contributed by atoms with Crippen LogP contribution in [0.25, 0.3) is 0 Å². The summed E-state index contributed by atoms with van der Waals surface area (Å²) in [7, 11) is 1.91. The Labute approximate surface area is 121 Å². The summed E-state index contributed by atoms with van der Waals surface area (Å²) in [6.07, 6.45) is 0. The van der Waals surface area contributed by atoms with Crippen molar-refractivity contribution >= 4 is 34.5 Å². The zero-order valence-corrected chi connectivity index (χ0v) is 12.7. The minimum atomic E-state index is 0.0300. The van der Waals surface area contributed by atoms with Gasteiger partial charge in [-0.1, -0.05) is 23.2 Å². The molecule has 5 heteroatoms. The molecule has 0 spiro atoms. The summed E-state index contributed by atoms with van der Waals surface area (Å²) < 4.78 is 0. The van der Waals surface area contributed by atoms with Crippen LogP contribution in [0.15, 0.2) is 18.2 Å². The molecule has 0 fully saturated rings. The molecule has 2 rings (SSSR count). The van der Waals surface area contributed by atoms with E-state index in [1.54, 1.807) is 17.4 Å². The van der Waals surface area contributed by atoms with E-state index < -0.39 is 0 Å². The molecule has 0 bridgehead atoms. The molecule has 0 saturated carbocycles. The second-order valence-corrected chi connectivity index (χ2v) is 6.15. The van der Waals surface area contributed by atoms with Gasteiger partial charge in [0, 0.05) is 14.9 Å². The Bertz CT molecular complexity index is 566. The molecule has 0 aliphatic rings. The van der Waals surface area contributed by atoms with Crippen LogP contribution < -0.4 is 5.32 Å². The molecule has 1 aromatic carbocycles. The van der Waals surface area contributed by atoms with Crippen molar-refractivity contribution in [3.05, 3.63) is 49.4 Å². The average molecular weight is 301 g/mol. The first kappa shape index (κ1) is 13.8. The van der Waals surface area contributed by atoms with Crippen molar-refractivity contribution in [1.82, 2.24) is 10.3 Å². The van der Waals surface area contributed by atoms with E-state index in [-0.39, 0.29) is 6.04 Å². The number of hydrogen-bond acceptors (Lipinski definition) is 3. The molecule has 1 unspecified atom stereocenters. The molecule has 2 nitrogen and oxygen atoms in total. The largest absolute Gasteiger partial charge is 0.309 e. The second-order valence-electron chi connectivity index (χ2n) is 4.07. The number of nitrogens with one attached hydrogen (secondary N) is 1. The summed E-state index contributed by atoms with van der Waals surface area (Å²) in [4.78, 5) is 5.64. The number of benzene rings is 1. The Morgan fingerprint density at radius 2 is 2.00 bits per heavy atom. The molecule has 1 N–H and O–H groups in total. The lowest BCUT2D eigenvalue weighted by Gasteiger charge is -2.17. The molecule has 96 valence electrons. The molecule has 2 aromatic rings. The van der Waals surface area contributed by atoms with Gasteiger partial charge in [-0.05, 0) is 44.7 Å². The van der Waals surface area contributed by atoms with E-state index in [0.717, 1.165) is 16.3 Å². The molecule has 1 aromatic heterocycles. The number of hydrogen-bond donors (Lipinski definition) is 1. The predicted octanol–water partition coefficient (Wildman–Crippen LogP) is 4.38. The van der Waals surface area contributed by atoms with E-state index in [0.29, 0.717) is 10.0 Å². The van der Waals surface area contributed by atoms with Crippen molar-refractivity contribution in [3.8, 4) is 0 Å². The first-order valence-electron chi connectivity index (χ1n) is 5.59. The number of aromatic nitrogens is 1. The Morgan fingerprint density at radius 3 is 2.56 bits per heavy atom. The van der Waals surface area contributed by atoms with Gasteiger partial charge < -0.3 is 5.32 Å². The zero-order valence-electron chi connectivity index (χ0n) is 10.4. The molecule has 0 saturated heterocycles. The first-order valence-corrected chi connectivity index (χ1v) is 7.16. The Balaban J connectivity index is 2.51. The average Bonchev–Trinajstić information content (AvgIpc) is 2.64. The number of rotatable bonds is 3. The Kier molecular flexibility index (Phi) is 4.28. The van der Waals surface area contributed by atoms with Crippen molar-refractivity contribution in [2.75, 3.05) is 7.05 Å². The Hall–Kier alpha value is -0.610. The predicted molar refractivity (Wildman–Crippen MR) is 79.0 cm³/mol. The highest BCUT2D eigenvalue weighted by Gasteiger charge is 2.20. The van der Waals surface area contributed by atoms with Crippen molar-refractivity contribution < 1.29 is 0 Å². The fourth-order valence-corrected chi connectivity index (χ4v) is 3.44. The van der Waals surface area contributed by atoms with Crippen LogP contribution >= 0.6 is 34.5 Å². The van der Waals surface area contributed by atoms with Gasteiger partial charge >= 0.3 is 0 Å². The van der Waals surface area contributed by atoms with Gasteiger partial charge in [0.05, 0.1) is 16.7 Å². The third-order valence-electron chi connectivity index (χ3n) is 2.76. The lowest BCUT2D eigenvalue weighted by Crippen LogP contribution is -2.17. The molecular weight excluding hydrogens is 287 g/mol. The van der Waals surface area contributed by atoms with Crippen LogP contribution in [0.5, 0.6) is 0 Å². The van der Waals surface area contributed by atoms with E-state index >= 15 is 0 Å². The minimum Gasteiger partial charge on any atom is -0.309 e. The third kappa shape index (κ3) is 2.69. The van der Waals surface area contributed by atoms with Crippen molar-refractivity contribution in [1.29, 1.82) is 0 Å². The summed E-state index contributed by atoms with van der Waals surface area (Å²) in [6.45, 7) is 4.02. The molecule has 18 heavy (non-hydrogen) atoms. The standard InChI is InChI=1S/C13H14Cl2N2S/c1-7-13(18-8(2)17-7)12(16-3)10-6-9(14)4-5-11(10)15/h4-6,12,16H,1-3H3. The van der Waals surface area contributed by atoms with Crippen LogP contribution in [-0.4, -0.2) is 12.0 Å².